The second-order valence-corrected chi connectivity index (χ2v) is 6.68. The third kappa shape index (κ3) is 4.52. The molecule has 0 aliphatic rings. The number of rotatable bonds is 4. The van der Waals surface area contributed by atoms with Crippen LogP contribution in [0.1, 0.15) is 15.9 Å². The first-order valence-electron chi connectivity index (χ1n) is 6.10. The van der Waals surface area contributed by atoms with Gasteiger partial charge in [-0.25, -0.2) is 18.4 Å². The van der Waals surface area contributed by atoms with Gasteiger partial charge in [-0.1, -0.05) is 58.7 Å². The van der Waals surface area contributed by atoms with Gasteiger partial charge in [0.2, 0.25) is 10.0 Å². The number of halogens is 2. The highest BCUT2D eigenvalue weighted by Crippen LogP contribution is 2.28. The summed E-state index contributed by atoms with van der Waals surface area (Å²) < 4.78 is 22.8. The van der Waals surface area contributed by atoms with Crippen LogP contribution >= 0.6 is 23.2 Å². The number of hydrogen-bond acceptors (Lipinski definition) is 5. The lowest BCUT2D eigenvalue weighted by molar-refractivity contribution is 0.0519. The van der Waals surface area contributed by atoms with Crippen molar-refractivity contribution in [2.45, 2.75) is 4.90 Å². The largest absolute Gasteiger partial charge is 0.367 e. The van der Waals surface area contributed by atoms with E-state index >= 15 is 0 Å². The van der Waals surface area contributed by atoms with Crippen molar-refractivity contribution in [1.82, 2.24) is 0 Å². The van der Waals surface area contributed by atoms with Crippen LogP contribution in [0.3, 0.4) is 0 Å². The van der Waals surface area contributed by atoms with Crippen LogP contribution in [0.5, 0.6) is 0 Å². The number of nitrogens with two attached hydrogens (primary N) is 1. The average molecular weight is 373 g/mol. The standard InChI is InChI=1S/C14H10Cl2N2O4S/c15-11-7-12(16)13(23(17,20)21)6-10(11)14(19)22-18-8-9-4-2-1-3-5-9/h1-8H,(H2,17,20,21)/b18-8+. The van der Waals surface area contributed by atoms with Gasteiger partial charge in [0, 0.05) is 0 Å². The maximum absolute atomic E-state index is 11.9. The molecule has 9 heteroatoms. The molecule has 0 spiro atoms. The van der Waals surface area contributed by atoms with Gasteiger partial charge in [0.05, 0.1) is 21.8 Å². The molecule has 0 atom stereocenters. The Kier molecular flexibility index (Phi) is 5.38. The van der Waals surface area contributed by atoms with Crippen molar-refractivity contribution in [2.24, 2.45) is 10.3 Å². The molecule has 6 nitrogen and oxygen atoms in total. The van der Waals surface area contributed by atoms with Crippen molar-refractivity contribution in [2.75, 3.05) is 0 Å². The van der Waals surface area contributed by atoms with Crippen LogP contribution in [0.4, 0.5) is 0 Å². The number of primary sulfonamides is 1. The van der Waals surface area contributed by atoms with Crippen LogP contribution in [0.15, 0.2) is 52.5 Å². The Morgan fingerprint density at radius 2 is 1.78 bits per heavy atom. The summed E-state index contributed by atoms with van der Waals surface area (Å²) in [5, 5.41) is 8.27. The van der Waals surface area contributed by atoms with E-state index in [0.29, 0.717) is 5.56 Å². The molecule has 2 N–H and O–H groups in total. The molecule has 0 unspecified atom stereocenters. The molecule has 0 aliphatic carbocycles. The third-order valence-corrected chi connectivity index (χ3v) is 4.37. The molecule has 0 aromatic heterocycles. The zero-order chi connectivity index (χ0) is 17.0. The van der Waals surface area contributed by atoms with Gasteiger partial charge < -0.3 is 4.84 Å². The molecular formula is C14H10Cl2N2O4S. The molecule has 0 saturated heterocycles. The van der Waals surface area contributed by atoms with Gasteiger partial charge in [0.1, 0.15) is 4.90 Å². The number of carbonyl (C=O) groups is 1. The monoisotopic (exact) mass is 372 g/mol. The molecule has 2 rings (SSSR count). The van der Waals surface area contributed by atoms with E-state index in [4.69, 9.17) is 28.3 Å². The van der Waals surface area contributed by atoms with Gasteiger partial charge in [-0.2, -0.15) is 0 Å². The zero-order valence-electron chi connectivity index (χ0n) is 11.4. The Labute approximate surface area is 142 Å². The molecule has 0 fully saturated rings. The molecule has 0 saturated carbocycles. The first-order chi connectivity index (χ1) is 10.8. The number of nitrogens with zero attached hydrogens (tertiary/aromatic N) is 1. The Hall–Kier alpha value is -1.93. The molecule has 2 aromatic rings. The lowest BCUT2D eigenvalue weighted by Crippen LogP contribution is -2.14. The number of benzene rings is 2. The number of carbonyl (C=O) groups excluding carboxylic acids is 1. The predicted octanol–water partition coefficient (Wildman–Crippen LogP) is 2.83. The molecule has 0 aliphatic heterocycles. The topological polar surface area (TPSA) is 98.8 Å². The van der Waals surface area contributed by atoms with Crippen LogP contribution in [-0.2, 0) is 14.9 Å². The predicted molar refractivity (Wildman–Crippen MR) is 87.3 cm³/mol. The lowest BCUT2D eigenvalue weighted by atomic mass is 10.2. The highest BCUT2D eigenvalue weighted by atomic mass is 35.5. The van der Waals surface area contributed by atoms with Crippen molar-refractivity contribution in [3.8, 4) is 0 Å². The fraction of sp³-hybridized carbons (Fsp3) is 0. The van der Waals surface area contributed by atoms with Crippen molar-refractivity contribution in [1.29, 1.82) is 0 Å². The van der Waals surface area contributed by atoms with Gasteiger partial charge in [-0.05, 0) is 17.7 Å². The van der Waals surface area contributed by atoms with Crippen LogP contribution in [0.25, 0.3) is 0 Å². The highest BCUT2D eigenvalue weighted by Gasteiger charge is 2.20. The SMILES string of the molecule is NS(=O)(=O)c1cc(C(=O)O/N=C/c2ccccc2)c(Cl)cc1Cl. The van der Waals surface area contributed by atoms with E-state index in [1.165, 1.54) is 6.21 Å². The average Bonchev–Trinajstić information content (AvgIpc) is 2.46. The van der Waals surface area contributed by atoms with Crippen molar-refractivity contribution < 1.29 is 18.0 Å². The second kappa shape index (κ2) is 7.10. The van der Waals surface area contributed by atoms with Crippen molar-refractivity contribution in [3.63, 3.8) is 0 Å². The summed E-state index contributed by atoms with van der Waals surface area (Å²) in [6.07, 6.45) is 1.32. The van der Waals surface area contributed by atoms with E-state index in [-0.39, 0.29) is 15.6 Å². The van der Waals surface area contributed by atoms with E-state index in [1.54, 1.807) is 24.3 Å². The summed E-state index contributed by atoms with van der Waals surface area (Å²) in [5.41, 5.74) is 0.498. The van der Waals surface area contributed by atoms with Gasteiger partial charge >= 0.3 is 5.97 Å². The summed E-state index contributed by atoms with van der Waals surface area (Å²) in [7, 11) is -4.11. The molecule has 0 bridgehead atoms. The van der Waals surface area contributed by atoms with Gasteiger partial charge in [-0.3, -0.25) is 0 Å². The number of oxime groups is 1. The summed E-state index contributed by atoms with van der Waals surface area (Å²) in [5.74, 6) is -0.941. The number of hydrogen-bond donors (Lipinski definition) is 1. The van der Waals surface area contributed by atoms with E-state index < -0.39 is 20.9 Å². The Balaban J connectivity index is 2.24. The maximum Gasteiger partial charge on any atom is 0.367 e. The van der Waals surface area contributed by atoms with Crippen LogP contribution in [0, 0.1) is 0 Å². The fourth-order valence-electron chi connectivity index (χ4n) is 1.63. The van der Waals surface area contributed by atoms with Gasteiger partial charge in [0.15, 0.2) is 0 Å². The van der Waals surface area contributed by atoms with Gasteiger partial charge in [0.25, 0.3) is 0 Å². The summed E-state index contributed by atoms with van der Waals surface area (Å²) in [6.45, 7) is 0. The minimum atomic E-state index is -4.11. The number of sulfonamides is 1. The summed E-state index contributed by atoms with van der Waals surface area (Å²) in [4.78, 5) is 16.2. The third-order valence-electron chi connectivity index (χ3n) is 2.68. The minimum Gasteiger partial charge on any atom is -0.313 e. The van der Waals surface area contributed by atoms with Gasteiger partial charge in [-0.15, -0.1) is 0 Å². The van der Waals surface area contributed by atoms with Crippen molar-refractivity contribution >= 4 is 45.4 Å². The molecule has 0 heterocycles. The molecular weight excluding hydrogens is 363 g/mol. The Morgan fingerprint density at radius 1 is 1.13 bits per heavy atom. The first-order valence-corrected chi connectivity index (χ1v) is 8.41. The Morgan fingerprint density at radius 3 is 2.39 bits per heavy atom. The van der Waals surface area contributed by atoms with Crippen molar-refractivity contribution in [3.05, 3.63) is 63.6 Å². The fourth-order valence-corrected chi connectivity index (χ4v) is 3.02. The zero-order valence-corrected chi connectivity index (χ0v) is 13.8. The van der Waals surface area contributed by atoms with Crippen LogP contribution in [-0.4, -0.2) is 20.6 Å². The maximum atomic E-state index is 11.9. The van der Waals surface area contributed by atoms with E-state index in [9.17, 15) is 13.2 Å². The smallest absolute Gasteiger partial charge is 0.313 e. The summed E-state index contributed by atoms with van der Waals surface area (Å²) >= 11 is 11.6. The van der Waals surface area contributed by atoms with E-state index in [1.807, 2.05) is 6.07 Å². The molecule has 23 heavy (non-hydrogen) atoms. The molecule has 0 amide bonds. The molecule has 0 radical (unpaired) electrons. The quantitative estimate of drug-likeness (QED) is 0.506. The lowest BCUT2D eigenvalue weighted by Gasteiger charge is -2.06. The first kappa shape index (κ1) is 17.4. The molecule has 2 aromatic carbocycles. The van der Waals surface area contributed by atoms with Crippen LogP contribution in [0.2, 0.25) is 10.0 Å². The normalized spacial score (nSPS) is 11.6. The summed E-state index contributed by atoms with van der Waals surface area (Å²) in [6, 6.07) is 11.0. The highest BCUT2D eigenvalue weighted by molar-refractivity contribution is 7.89. The Bertz CT molecular complexity index is 868. The minimum absolute atomic E-state index is 0.0812. The van der Waals surface area contributed by atoms with E-state index in [0.717, 1.165) is 12.1 Å². The molecule has 120 valence electrons. The second-order valence-electron chi connectivity index (χ2n) is 4.33. The van der Waals surface area contributed by atoms with E-state index in [2.05, 4.69) is 9.99 Å². The van der Waals surface area contributed by atoms with Crippen LogP contribution < -0.4 is 5.14 Å².